The van der Waals surface area contributed by atoms with Crippen molar-refractivity contribution in [3.8, 4) is 0 Å². The second-order valence-corrected chi connectivity index (χ2v) is 4.61. The SMILES string of the molecule is CCC1(C(O)c2ccc(Cl)cc2)CC1. The summed E-state index contributed by atoms with van der Waals surface area (Å²) in [6, 6.07) is 7.52. The quantitative estimate of drug-likeness (QED) is 0.809. The first kappa shape index (κ1) is 10.0. The smallest absolute Gasteiger partial charge is 0.0846 e. The van der Waals surface area contributed by atoms with Crippen LogP contribution in [0.3, 0.4) is 0 Å². The Balaban J connectivity index is 2.19. The van der Waals surface area contributed by atoms with Crippen molar-refractivity contribution in [2.24, 2.45) is 5.41 Å². The first-order valence-corrected chi connectivity index (χ1v) is 5.49. The molecule has 2 heteroatoms. The van der Waals surface area contributed by atoms with Crippen LogP contribution >= 0.6 is 11.6 Å². The Hall–Kier alpha value is -0.530. The van der Waals surface area contributed by atoms with E-state index in [1.54, 1.807) is 0 Å². The van der Waals surface area contributed by atoms with Crippen LogP contribution in [0.1, 0.15) is 37.9 Å². The predicted molar refractivity (Wildman–Crippen MR) is 58.4 cm³/mol. The maximum atomic E-state index is 10.2. The van der Waals surface area contributed by atoms with Gasteiger partial charge in [0, 0.05) is 10.4 Å². The zero-order valence-corrected chi connectivity index (χ0v) is 9.09. The number of hydrogen-bond donors (Lipinski definition) is 1. The van der Waals surface area contributed by atoms with Crippen molar-refractivity contribution in [2.45, 2.75) is 32.3 Å². The Morgan fingerprint density at radius 2 is 1.93 bits per heavy atom. The number of benzene rings is 1. The normalized spacial score (nSPS) is 20.5. The second-order valence-electron chi connectivity index (χ2n) is 4.17. The van der Waals surface area contributed by atoms with Gasteiger partial charge in [-0.2, -0.15) is 0 Å². The molecule has 0 aromatic heterocycles. The molecule has 0 aliphatic heterocycles. The highest BCUT2D eigenvalue weighted by atomic mass is 35.5. The molecule has 0 heterocycles. The first-order valence-electron chi connectivity index (χ1n) is 5.11. The zero-order valence-electron chi connectivity index (χ0n) is 8.33. The molecule has 1 atom stereocenters. The summed E-state index contributed by atoms with van der Waals surface area (Å²) >= 11 is 5.80. The third-order valence-electron chi connectivity index (χ3n) is 3.36. The van der Waals surface area contributed by atoms with E-state index in [-0.39, 0.29) is 11.5 Å². The lowest BCUT2D eigenvalue weighted by molar-refractivity contribution is 0.0902. The summed E-state index contributed by atoms with van der Waals surface area (Å²) in [4.78, 5) is 0. The largest absolute Gasteiger partial charge is 0.388 e. The van der Waals surface area contributed by atoms with Crippen LogP contribution in [0, 0.1) is 5.41 Å². The van der Waals surface area contributed by atoms with Gasteiger partial charge >= 0.3 is 0 Å². The van der Waals surface area contributed by atoms with Gasteiger partial charge in [-0.15, -0.1) is 0 Å². The highest BCUT2D eigenvalue weighted by Crippen LogP contribution is 2.57. The maximum absolute atomic E-state index is 10.2. The minimum atomic E-state index is -0.315. The van der Waals surface area contributed by atoms with Gasteiger partial charge in [-0.3, -0.25) is 0 Å². The van der Waals surface area contributed by atoms with E-state index in [0.29, 0.717) is 0 Å². The van der Waals surface area contributed by atoms with E-state index in [1.807, 2.05) is 24.3 Å². The minimum absolute atomic E-state index is 0.161. The monoisotopic (exact) mass is 210 g/mol. The molecule has 76 valence electrons. The summed E-state index contributed by atoms with van der Waals surface area (Å²) in [5, 5.41) is 10.9. The van der Waals surface area contributed by atoms with Crippen molar-refractivity contribution >= 4 is 11.6 Å². The molecule has 1 N–H and O–H groups in total. The molecule has 0 bridgehead atoms. The average Bonchev–Trinajstić information content (AvgIpc) is 2.99. The minimum Gasteiger partial charge on any atom is -0.388 e. The van der Waals surface area contributed by atoms with E-state index < -0.39 is 0 Å². The summed E-state index contributed by atoms with van der Waals surface area (Å²) in [5.41, 5.74) is 1.15. The topological polar surface area (TPSA) is 20.2 Å². The highest BCUT2D eigenvalue weighted by Gasteiger charge is 2.47. The van der Waals surface area contributed by atoms with Crippen molar-refractivity contribution in [1.29, 1.82) is 0 Å². The van der Waals surface area contributed by atoms with Gasteiger partial charge in [0.05, 0.1) is 6.10 Å². The van der Waals surface area contributed by atoms with Crippen LogP contribution in [0.4, 0.5) is 0 Å². The molecule has 14 heavy (non-hydrogen) atoms. The molecule has 0 radical (unpaired) electrons. The molecule has 1 fully saturated rings. The molecule has 1 aromatic carbocycles. The summed E-state index contributed by atoms with van der Waals surface area (Å²) in [5.74, 6) is 0. The van der Waals surface area contributed by atoms with Crippen LogP contribution in [-0.2, 0) is 0 Å². The van der Waals surface area contributed by atoms with Gasteiger partial charge in [0.25, 0.3) is 0 Å². The summed E-state index contributed by atoms with van der Waals surface area (Å²) in [6.07, 6.45) is 3.03. The van der Waals surface area contributed by atoms with Crippen LogP contribution in [-0.4, -0.2) is 5.11 Å². The third kappa shape index (κ3) is 1.67. The number of aliphatic hydroxyl groups excluding tert-OH is 1. The molecule has 0 amide bonds. The van der Waals surface area contributed by atoms with Gasteiger partial charge in [0.2, 0.25) is 0 Å². The van der Waals surface area contributed by atoms with Gasteiger partial charge < -0.3 is 5.11 Å². The van der Waals surface area contributed by atoms with E-state index in [0.717, 1.165) is 29.8 Å². The van der Waals surface area contributed by atoms with Gasteiger partial charge in [0.15, 0.2) is 0 Å². The van der Waals surface area contributed by atoms with E-state index in [4.69, 9.17) is 11.6 Å². The summed E-state index contributed by atoms with van der Waals surface area (Å²) in [7, 11) is 0. The van der Waals surface area contributed by atoms with Crippen molar-refractivity contribution in [2.75, 3.05) is 0 Å². The Morgan fingerprint density at radius 1 is 1.36 bits per heavy atom. The molecule has 1 unspecified atom stereocenters. The van der Waals surface area contributed by atoms with Gasteiger partial charge in [-0.05, 0) is 37.0 Å². The average molecular weight is 211 g/mol. The van der Waals surface area contributed by atoms with Crippen molar-refractivity contribution in [3.63, 3.8) is 0 Å². The van der Waals surface area contributed by atoms with Crippen LogP contribution in [0.25, 0.3) is 0 Å². The zero-order chi connectivity index (χ0) is 10.2. The molecule has 1 aliphatic rings. The van der Waals surface area contributed by atoms with Crippen molar-refractivity contribution in [3.05, 3.63) is 34.9 Å². The molecular weight excluding hydrogens is 196 g/mol. The van der Waals surface area contributed by atoms with Crippen LogP contribution in [0.2, 0.25) is 5.02 Å². The van der Waals surface area contributed by atoms with E-state index >= 15 is 0 Å². The Labute approximate surface area is 89.7 Å². The molecule has 1 aromatic rings. The van der Waals surface area contributed by atoms with E-state index in [2.05, 4.69) is 6.92 Å². The number of hydrogen-bond acceptors (Lipinski definition) is 1. The van der Waals surface area contributed by atoms with Gasteiger partial charge in [-0.25, -0.2) is 0 Å². The van der Waals surface area contributed by atoms with E-state index in [9.17, 15) is 5.11 Å². The number of rotatable bonds is 3. The maximum Gasteiger partial charge on any atom is 0.0846 e. The van der Waals surface area contributed by atoms with Crippen LogP contribution < -0.4 is 0 Å². The fourth-order valence-electron chi connectivity index (χ4n) is 1.98. The van der Waals surface area contributed by atoms with Crippen LogP contribution in [0.5, 0.6) is 0 Å². The van der Waals surface area contributed by atoms with Crippen molar-refractivity contribution < 1.29 is 5.11 Å². The lowest BCUT2D eigenvalue weighted by atomic mass is 9.90. The fraction of sp³-hybridized carbons (Fsp3) is 0.500. The Bertz CT molecular complexity index is 314. The fourth-order valence-corrected chi connectivity index (χ4v) is 2.11. The Kier molecular flexibility index (Phi) is 2.54. The molecular formula is C12H15ClO. The summed E-state index contributed by atoms with van der Waals surface area (Å²) < 4.78 is 0. The lowest BCUT2D eigenvalue weighted by Gasteiger charge is -2.20. The standard InChI is InChI=1S/C12H15ClO/c1-2-12(7-8-12)11(14)9-3-5-10(13)6-4-9/h3-6,11,14H,2,7-8H2,1H3. The molecule has 1 aliphatic carbocycles. The highest BCUT2D eigenvalue weighted by molar-refractivity contribution is 6.30. The molecule has 1 saturated carbocycles. The summed E-state index contributed by atoms with van der Waals surface area (Å²) in [6.45, 7) is 2.14. The van der Waals surface area contributed by atoms with Gasteiger partial charge in [0.1, 0.15) is 0 Å². The number of aliphatic hydroxyl groups is 1. The van der Waals surface area contributed by atoms with Gasteiger partial charge in [-0.1, -0.05) is 30.7 Å². The molecule has 0 saturated heterocycles. The number of halogens is 1. The second kappa shape index (κ2) is 3.56. The lowest BCUT2D eigenvalue weighted by Crippen LogP contribution is -2.12. The predicted octanol–water partition coefficient (Wildman–Crippen LogP) is 3.56. The van der Waals surface area contributed by atoms with E-state index in [1.165, 1.54) is 0 Å². The molecule has 1 nitrogen and oxygen atoms in total. The molecule has 0 spiro atoms. The Morgan fingerprint density at radius 3 is 2.36 bits per heavy atom. The first-order chi connectivity index (χ1) is 6.68. The van der Waals surface area contributed by atoms with Crippen LogP contribution in [0.15, 0.2) is 24.3 Å². The van der Waals surface area contributed by atoms with Crippen molar-refractivity contribution in [1.82, 2.24) is 0 Å². The third-order valence-corrected chi connectivity index (χ3v) is 3.61. The molecule has 2 rings (SSSR count).